The largest absolute Gasteiger partial charge is 0.481 e. The van der Waals surface area contributed by atoms with Crippen molar-refractivity contribution in [2.75, 3.05) is 19.7 Å². The molecule has 0 radical (unpaired) electrons. The predicted molar refractivity (Wildman–Crippen MR) is 111 cm³/mol. The van der Waals surface area contributed by atoms with Crippen LogP contribution in [0.1, 0.15) is 44.9 Å². The standard InChI is InChI=1S/C19H33N5O8/c20-8-2-1-4-13(19(31)32)23-17(29)14-5-3-9-24(14)18(30)12(6-7-15(26)27)22-16(28)11(21)10-25/h11-14,25H,1-10,20-21H2,(H,22,28)(H,23,29)(H,26,27)(H,31,32)/t11-,12-,13-,14-/m0/s1. The van der Waals surface area contributed by atoms with Crippen LogP contribution in [-0.2, 0) is 24.0 Å². The molecule has 1 heterocycles. The minimum Gasteiger partial charge on any atom is -0.481 e. The number of nitrogens with one attached hydrogen (secondary N) is 2. The smallest absolute Gasteiger partial charge is 0.326 e. The minimum absolute atomic E-state index is 0.188. The second-order valence-electron chi connectivity index (χ2n) is 7.66. The van der Waals surface area contributed by atoms with Crippen molar-refractivity contribution in [3.63, 3.8) is 0 Å². The molecular formula is C19H33N5O8. The summed E-state index contributed by atoms with van der Waals surface area (Å²) < 4.78 is 0. The fourth-order valence-electron chi connectivity index (χ4n) is 3.41. The van der Waals surface area contributed by atoms with Gasteiger partial charge in [-0.3, -0.25) is 19.2 Å². The Bertz CT molecular complexity index is 689. The van der Waals surface area contributed by atoms with E-state index in [1.54, 1.807) is 0 Å². The van der Waals surface area contributed by atoms with Gasteiger partial charge in [0.15, 0.2) is 0 Å². The molecule has 0 unspecified atom stereocenters. The highest BCUT2D eigenvalue weighted by molar-refractivity contribution is 5.94. The third kappa shape index (κ3) is 8.40. The van der Waals surface area contributed by atoms with Gasteiger partial charge < -0.3 is 42.3 Å². The number of likely N-dealkylation sites (tertiary alicyclic amines) is 1. The third-order valence-electron chi connectivity index (χ3n) is 5.19. The number of aliphatic hydroxyl groups is 1. The van der Waals surface area contributed by atoms with Gasteiger partial charge in [-0.05, 0) is 45.1 Å². The Morgan fingerprint density at radius 3 is 2.28 bits per heavy atom. The number of aliphatic carboxylic acids is 2. The van der Waals surface area contributed by atoms with Crippen molar-refractivity contribution >= 4 is 29.7 Å². The average molecular weight is 460 g/mol. The molecule has 9 N–H and O–H groups in total. The molecule has 13 nitrogen and oxygen atoms in total. The lowest BCUT2D eigenvalue weighted by Gasteiger charge is -2.29. The zero-order valence-electron chi connectivity index (χ0n) is 17.9. The van der Waals surface area contributed by atoms with E-state index in [9.17, 15) is 29.1 Å². The van der Waals surface area contributed by atoms with Crippen LogP contribution in [0.25, 0.3) is 0 Å². The van der Waals surface area contributed by atoms with Gasteiger partial charge >= 0.3 is 11.9 Å². The van der Waals surface area contributed by atoms with E-state index >= 15 is 0 Å². The molecule has 0 saturated carbocycles. The van der Waals surface area contributed by atoms with Crippen LogP contribution in [0.4, 0.5) is 0 Å². The maximum absolute atomic E-state index is 13.1. The summed E-state index contributed by atoms with van der Waals surface area (Å²) in [5.41, 5.74) is 10.9. The number of unbranched alkanes of at least 4 members (excludes halogenated alkanes) is 1. The van der Waals surface area contributed by atoms with E-state index in [-0.39, 0.29) is 19.4 Å². The molecular weight excluding hydrogens is 426 g/mol. The van der Waals surface area contributed by atoms with Crippen molar-refractivity contribution in [1.82, 2.24) is 15.5 Å². The Morgan fingerprint density at radius 2 is 1.72 bits per heavy atom. The van der Waals surface area contributed by atoms with Crippen molar-refractivity contribution in [3.8, 4) is 0 Å². The van der Waals surface area contributed by atoms with Gasteiger partial charge in [-0.2, -0.15) is 0 Å². The van der Waals surface area contributed by atoms with Crippen LogP contribution >= 0.6 is 0 Å². The molecule has 1 aliphatic rings. The number of rotatable bonds is 14. The second kappa shape index (κ2) is 13.6. The molecule has 182 valence electrons. The first kappa shape index (κ1) is 27.3. The molecule has 1 rings (SSSR count). The van der Waals surface area contributed by atoms with Crippen LogP contribution in [0, 0.1) is 0 Å². The summed E-state index contributed by atoms with van der Waals surface area (Å²) in [7, 11) is 0. The van der Waals surface area contributed by atoms with E-state index < -0.39 is 66.9 Å². The molecule has 0 aliphatic carbocycles. The zero-order chi connectivity index (χ0) is 24.3. The maximum atomic E-state index is 13.1. The summed E-state index contributed by atoms with van der Waals surface area (Å²) in [6.07, 6.45) is 1.42. The highest BCUT2D eigenvalue weighted by Gasteiger charge is 2.39. The van der Waals surface area contributed by atoms with Crippen molar-refractivity contribution in [2.45, 2.75) is 69.1 Å². The summed E-state index contributed by atoms with van der Waals surface area (Å²) in [4.78, 5) is 61.5. The van der Waals surface area contributed by atoms with Gasteiger partial charge in [0.2, 0.25) is 17.7 Å². The van der Waals surface area contributed by atoms with Gasteiger partial charge in [0.25, 0.3) is 0 Å². The van der Waals surface area contributed by atoms with Gasteiger partial charge in [-0.15, -0.1) is 0 Å². The van der Waals surface area contributed by atoms with Crippen molar-refractivity contribution in [3.05, 3.63) is 0 Å². The van der Waals surface area contributed by atoms with Crippen LogP contribution in [0.3, 0.4) is 0 Å². The lowest BCUT2D eigenvalue weighted by molar-refractivity contribution is -0.145. The van der Waals surface area contributed by atoms with E-state index in [1.807, 2.05) is 0 Å². The molecule has 0 spiro atoms. The fourth-order valence-corrected chi connectivity index (χ4v) is 3.41. The molecule has 1 fully saturated rings. The first-order valence-electron chi connectivity index (χ1n) is 10.5. The summed E-state index contributed by atoms with van der Waals surface area (Å²) >= 11 is 0. The molecule has 0 aromatic rings. The molecule has 4 atom stereocenters. The van der Waals surface area contributed by atoms with Crippen LogP contribution in [0.15, 0.2) is 0 Å². The number of carboxylic acids is 2. The molecule has 0 bridgehead atoms. The number of nitrogens with two attached hydrogens (primary N) is 2. The van der Waals surface area contributed by atoms with Gasteiger partial charge in [-0.1, -0.05) is 0 Å². The summed E-state index contributed by atoms with van der Waals surface area (Å²) in [5, 5.41) is 32.1. The Hall–Kier alpha value is -2.77. The fraction of sp³-hybridized carbons (Fsp3) is 0.737. The maximum Gasteiger partial charge on any atom is 0.326 e. The summed E-state index contributed by atoms with van der Waals surface area (Å²) in [6, 6.07) is -4.63. The predicted octanol–water partition coefficient (Wildman–Crippen LogP) is -2.65. The second-order valence-corrected chi connectivity index (χ2v) is 7.66. The molecule has 3 amide bonds. The number of carbonyl (C=O) groups excluding carboxylic acids is 3. The third-order valence-corrected chi connectivity index (χ3v) is 5.19. The van der Waals surface area contributed by atoms with E-state index in [4.69, 9.17) is 21.7 Å². The van der Waals surface area contributed by atoms with E-state index in [1.165, 1.54) is 4.90 Å². The number of amides is 3. The van der Waals surface area contributed by atoms with Crippen molar-refractivity contribution in [1.29, 1.82) is 0 Å². The molecule has 32 heavy (non-hydrogen) atoms. The topological polar surface area (TPSA) is 225 Å². The molecule has 1 aliphatic heterocycles. The number of carboxylic acid groups (broad SMARTS) is 2. The summed E-state index contributed by atoms with van der Waals surface area (Å²) in [5.74, 6) is -4.51. The lowest BCUT2D eigenvalue weighted by atomic mass is 10.1. The monoisotopic (exact) mass is 459 g/mol. The highest BCUT2D eigenvalue weighted by Crippen LogP contribution is 2.20. The van der Waals surface area contributed by atoms with Crippen LogP contribution in [0.2, 0.25) is 0 Å². The first-order valence-corrected chi connectivity index (χ1v) is 10.5. The van der Waals surface area contributed by atoms with Gasteiger partial charge in [0.1, 0.15) is 24.2 Å². The molecule has 0 aromatic carbocycles. The van der Waals surface area contributed by atoms with E-state index in [0.717, 1.165) is 0 Å². The number of hydrogen-bond acceptors (Lipinski definition) is 8. The number of aliphatic hydroxyl groups excluding tert-OH is 1. The Balaban J connectivity index is 2.91. The normalized spacial score (nSPS) is 18.5. The van der Waals surface area contributed by atoms with Crippen LogP contribution < -0.4 is 22.1 Å². The van der Waals surface area contributed by atoms with Gasteiger partial charge in [0.05, 0.1) is 6.61 Å². The molecule has 13 heteroatoms. The van der Waals surface area contributed by atoms with Gasteiger partial charge in [-0.25, -0.2) is 4.79 Å². The number of nitrogens with zero attached hydrogens (tertiary/aromatic N) is 1. The van der Waals surface area contributed by atoms with Crippen LogP contribution in [0.5, 0.6) is 0 Å². The Morgan fingerprint density at radius 1 is 1.03 bits per heavy atom. The van der Waals surface area contributed by atoms with Gasteiger partial charge in [0, 0.05) is 13.0 Å². The average Bonchev–Trinajstić information content (AvgIpc) is 3.24. The Labute approximate surface area is 185 Å². The molecule has 1 saturated heterocycles. The molecule has 0 aromatic heterocycles. The first-order chi connectivity index (χ1) is 15.1. The lowest BCUT2D eigenvalue weighted by Crippen LogP contribution is -2.57. The summed E-state index contributed by atoms with van der Waals surface area (Å²) in [6.45, 7) is -0.0803. The highest BCUT2D eigenvalue weighted by atomic mass is 16.4. The SMILES string of the molecule is NCCCC[C@H](NC(=O)[C@@H]1CCCN1C(=O)[C@H](CCC(=O)O)NC(=O)[C@@H](N)CO)C(=O)O. The Kier molecular flexibility index (Phi) is 11.6. The quantitative estimate of drug-likeness (QED) is 0.133. The number of carbonyl (C=O) groups is 5. The van der Waals surface area contributed by atoms with E-state index in [0.29, 0.717) is 32.2 Å². The minimum atomic E-state index is -1.29. The van der Waals surface area contributed by atoms with Crippen molar-refractivity contribution < 1.29 is 39.3 Å². The van der Waals surface area contributed by atoms with E-state index in [2.05, 4.69) is 10.6 Å². The van der Waals surface area contributed by atoms with Crippen molar-refractivity contribution in [2.24, 2.45) is 11.5 Å². The zero-order valence-corrected chi connectivity index (χ0v) is 17.9. The number of hydrogen-bond donors (Lipinski definition) is 7. The van der Waals surface area contributed by atoms with Crippen LogP contribution in [-0.4, -0.2) is 93.7 Å².